The van der Waals surface area contributed by atoms with Crippen LogP contribution in [0.25, 0.3) is 0 Å². The molecule has 0 N–H and O–H groups in total. The number of rotatable bonds is 0. The van der Waals surface area contributed by atoms with Crippen molar-refractivity contribution in [2.75, 3.05) is 0 Å². The zero-order chi connectivity index (χ0) is 7.14. The van der Waals surface area contributed by atoms with Gasteiger partial charge in [-0.2, -0.15) is 0 Å². The lowest BCUT2D eigenvalue weighted by Gasteiger charge is -1.86. The second-order valence-electron chi connectivity index (χ2n) is 2.52. The summed E-state index contributed by atoms with van der Waals surface area (Å²) < 4.78 is 0. The van der Waals surface area contributed by atoms with Crippen LogP contribution in [0.4, 0.5) is 0 Å². The van der Waals surface area contributed by atoms with Crippen LogP contribution < -0.4 is 0 Å². The minimum atomic E-state index is -0.00579. The van der Waals surface area contributed by atoms with Crippen molar-refractivity contribution >= 4 is 11.6 Å². The van der Waals surface area contributed by atoms with Crippen LogP contribution in [0.3, 0.4) is 0 Å². The molecule has 2 rings (SSSR count). The van der Waals surface area contributed by atoms with Crippen molar-refractivity contribution in [2.45, 2.75) is 12.8 Å². The average Bonchev–Trinajstić information content (AvgIpc) is 2.39. The number of carbonyl (C=O) groups excluding carboxylic acids is 2. The highest BCUT2D eigenvalue weighted by Gasteiger charge is 2.29. The fourth-order valence-corrected chi connectivity index (χ4v) is 1.38. The Kier molecular flexibility index (Phi) is 0.926. The van der Waals surface area contributed by atoms with Crippen molar-refractivity contribution in [3.05, 3.63) is 23.3 Å². The molecule has 0 unspecified atom stereocenters. The summed E-state index contributed by atoms with van der Waals surface area (Å²) in [5.41, 5.74) is 1.38. The Morgan fingerprint density at radius 1 is 1.20 bits per heavy atom. The summed E-state index contributed by atoms with van der Waals surface area (Å²) in [5.74, 6) is 0.0127. The van der Waals surface area contributed by atoms with Crippen LogP contribution in [0.15, 0.2) is 23.3 Å². The minimum absolute atomic E-state index is 0.00579. The lowest BCUT2D eigenvalue weighted by Crippen LogP contribution is -1.97. The summed E-state index contributed by atoms with van der Waals surface area (Å²) >= 11 is 0. The monoisotopic (exact) mass is 134 g/mol. The van der Waals surface area contributed by atoms with E-state index in [1.165, 1.54) is 0 Å². The third-order valence-electron chi connectivity index (χ3n) is 1.89. The van der Waals surface area contributed by atoms with E-state index in [0.717, 1.165) is 5.57 Å². The van der Waals surface area contributed by atoms with E-state index in [0.29, 0.717) is 12.0 Å². The van der Waals surface area contributed by atoms with Gasteiger partial charge in [0.05, 0.1) is 6.42 Å². The molecule has 0 amide bonds. The van der Waals surface area contributed by atoms with E-state index in [9.17, 15) is 9.59 Å². The molecule has 0 radical (unpaired) electrons. The van der Waals surface area contributed by atoms with E-state index in [4.69, 9.17) is 0 Å². The van der Waals surface area contributed by atoms with Crippen molar-refractivity contribution in [3.8, 4) is 0 Å². The molecule has 0 aromatic heterocycles. The highest BCUT2D eigenvalue weighted by molar-refractivity contribution is 6.24. The van der Waals surface area contributed by atoms with Crippen molar-refractivity contribution in [1.29, 1.82) is 0 Å². The van der Waals surface area contributed by atoms with Gasteiger partial charge in [0.25, 0.3) is 0 Å². The van der Waals surface area contributed by atoms with Crippen molar-refractivity contribution in [1.82, 2.24) is 0 Å². The zero-order valence-electron chi connectivity index (χ0n) is 5.39. The molecule has 2 nitrogen and oxygen atoms in total. The largest absolute Gasteiger partial charge is 0.294 e. The lowest BCUT2D eigenvalue weighted by atomic mass is 10.2. The highest BCUT2D eigenvalue weighted by Crippen LogP contribution is 2.28. The predicted octanol–water partition coefficient (Wildman–Crippen LogP) is 0.785. The number of Topliss-reactive ketones (excluding diaryl/α,β-unsaturated/α-hetero) is 2. The van der Waals surface area contributed by atoms with Gasteiger partial charge >= 0.3 is 0 Å². The zero-order valence-corrected chi connectivity index (χ0v) is 5.39. The van der Waals surface area contributed by atoms with Crippen LogP contribution in [-0.4, -0.2) is 11.6 Å². The Hall–Kier alpha value is -1.18. The van der Waals surface area contributed by atoms with Gasteiger partial charge in [-0.05, 0) is 6.42 Å². The van der Waals surface area contributed by atoms with Crippen LogP contribution in [-0.2, 0) is 9.59 Å². The summed E-state index contributed by atoms with van der Waals surface area (Å²) in [6, 6.07) is 0. The molecule has 10 heavy (non-hydrogen) atoms. The van der Waals surface area contributed by atoms with E-state index < -0.39 is 0 Å². The molecule has 0 aromatic rings. The fraction of sp³-hybridized carbons (Fsp3) is 0.250. The lowest BCUT2D eigenvalue weighted by molar-refractivity contribution is -0.121. The first-order valence-electron chi connectivity index (χ1n) is 3.25. The van der Waals surface area contributed by atoms with Gasteiger partial charge < -0.3 is 0 Å². The van der Waals surface area contributed by atoms with Gasteiger partial charge in [0.15, 0.2) is 11.6 Å². The van der Waals surface area contributed by atoms with E-state index in [-0.39, 0.29) is 18.0 Å². The first-order valence-corrected chi connectivity index (χ1v) is 3.25. The average molecular weight is 134 g/mol. The summed E-state index contributed by atoms with van der Waals surface area (Å²) in [5, 5.41) is 0. The van der Waals surface area contributed by atoms with Gasteiger partial charge in [0, 0.05) is 11.1 Å². The van der Waals surface area contributed by atoms with Gasteiger partial charge in [0.2, 0.25) is 0 Å². The van der Waals surface area contributed by atoms with Crippen molar-refractivity contribution in [2.24, 2.45) is 0 Å². The Morgan fingerprint density at radius 2 is 2.00 bits per heavy atom. The van der Waals surface area contributed by atoms with Crippen LogP contribution >= 0.6 is 0 Å². The van der Waals surface area contributed by atoms with Gasteiger partial charge in [-0.15, -0.1) is 0 Å². The molecule has 0 heterocycles. The maximum atomic E-state index is 10.9. The number of carbonyl (C=O) groups is 2. The van der Waals surface area contributed by atoms with Crippen LogP contribution in [0, 0.1) is 0 Å². The normalized spacial score (nSPS) is 22.8. The first-order chi connectivity index (χ1) is 4.79. The number of hydrogen-bond donors (Lipinski definition) is 0. The van der Waals surface area contributed by atoms with E-state index >= 15 is 0 Å². The van der Waals surface area contributed by atoms with Crippen molar-refractivity contribution in [3.63, 3.8) is 0 Å². The topological polar surface area (TPSA) is 34.1 Å². The Morgan fingerprint density at radius 3 is 2.70 bits per heavy atom. The van der Waals surface area contributed by atoms with Crippen molar-refractivity contribution < 1.29 is 9.59 Å². The maximum Gasteiger partial charge on any atom is 0.170 e. The SMILES string of the molecule is O=C1CC(=O)C2=C1C=CC2. The molecule has 0 bridgehead atoms. The molecule has 0 aromatic carbocycles. The molecular weight excluding hydrogens is 128 g/mol. The molecular formula is C8H6O2. The Labute approximate surface area is 58.2 Å². The van der Waals surface area contributed by atoms with Gasteiger partial charge in [-0.1, -0.05) is 12.2 Å². The van der Waals surface area contributed by atoms with E-state index in [1.54, 1.807) is 6.08 Å². The third-order valence-corrected chi connectivity index (χ3v) is 1.89. The highest BCUT2D eigenvalue weighted by atomic mass is 16.2. The second kappa shape index (κ2) is 1.66. The van der Waals surface area contributed by atoms with Crippen LogP contribution in [0.5, 0.6) is 0 Å². The molecule has 2 aliphatic carbocycles. The second-order valence-corrected chi connectivity index (χ2v) is 2.52. The molecule has 0 fully saturated rings. The molecule has 0 aliphatic heterocycles. The first kappa shape index (κ1) is 5.59. The Balaban J connectivity index is 2.52. The molecule has 0 atom stereocenters. The standard InChI is InChI=1S/C8H6O2/c9-7-4-8(10)6-3-1-2-5(6)7/h1-2H,3-4H2. The molecule has 2 aliphatic rings. The summed E-state index contributed by atoms with van der Waals surface area (Å²) in [4.78, 5) is 21.9. The molecule has 0 spiro atoms. The number of ketones is 2. The quantitative estimate of drug-likeness (QED) is 0.459. The van der Waals surface area contributed by atoms with Gasteiger partial charge in [-0.25, -0.2) is 0 Å². The smallest absolute Gasteiger partial charge is 0.170 e. The van der Waals surface area contributed by atoms with E-state index in [1.807, 2.05) is 6.08 Å². The van der Waals surface area contributed by atoms with E-state index in [2.05, 4.69) is 0 Å². The minimum Gasteiger partial charge on any atom is -0.294 e. The number of allylic oxidation sites excluding steroid dienone is 4. The maximum absolute atomic E-state index is 10.9. The summed E-state index contributed by atoms with van der Waals surface area (Å²) in [6.07, 6.45) is 4.39. The van der Waals surface area contributed by atoms with Gasteiger partial charge in [0.1, 0.15) is 0 Å². The van der Waals surface area contributed by atoms with Crippen LogP contribution in [0.1, 0.15) is 12.8 Å². The Bertz CT molecular complexity index is 282. The summed E-state index contributed by atoms with van der Waals surface area (Å²) in [7, 11) is 0. The third kappa shape index (κ3) is 0.533. The molecule has 2 heteroatoms. The van der Waals surface area contributed by atoms with Crippen LogP contribution in [0.2, 0.25) is 0 Å². The van der Waals surface area contributed by atoms with Gasteiger partial charge in [-0.3, -0.25) is 9.59 Å². The molecule has 50 valence electrons. The fourth-order valence-electron chi connectivity index (χ4n) is 1.38. The number of hydrogen-bond acceptors (Lipinski definition) is 2. The predicted molar refractivity (Wildman–Crippen MR) is 35.4 cm³/mol. The molecule has 0 saturated heterocycles. The summed E-state index contributed by atoms with van der Waals surface area (Å²) in [6.45, 7) is 0. The molecule has 0 saturated carbocycles.